The molecule has 0 aromatic heterocycles. The second-order valence-corrected chi connectivity index (χ2v) is 3.42. The molecule has 2 N–H and O–H groups in total. The smallest absolute Gasteiger partial charge is 0.118 e. The van der Waals surface area contributed by atoms with Crippen molar-refractivity contribution in [3.63, 3.8) is 0 Å². The SMILES string of the molecule is Cc1cc(NC2CC2)ccc1O. The number of hydrogen-bond acceptors (Lipinski definition) is 2. The zero-order valence-corrected chi connectivity index (χ0v) is 7.17. The summed E-state index contributed by atoms with van der Waals surface area (Å²) in [6, 6.07) is 6.31. The Morgan fingerprint density at radius 2 is 2.17 bits per heavy atom. The third-order valence-electron chi connectivity index (χ3n) is 2.14. The van der Waals surface area contributed by atoms with Crippen LogP contribution in [0, 0.1) is 6.92 Å². The first-order chi connectivity index (χ1) is 5.75. The van der Waals surface area contributed by atoms with Crippen LogP contribution in [0.3, 0.4) is 0 Å². The maximum Gasteiger partial charge on any atom is 0.118 e. The molecule has 64 valence electrons. The van der Waals surface area contributed by atoms with Crippen LogP contribution in [0.5, 0.6) is 5.75 Å². The molecule has 0 unspecified atom stereocenters. The molecule has 0 amide bonds. The fourth-order valence-electron chi connectivity index (χ4n) is 1.21. The van der Waals surface area contributed by atoms with Gasteiger partial charge in [0.2, 0.25) is 0 Å². The van der Waals surface area contributed by atoms with E-state index in [0.29, 0.717) is 11.8 Å². The Bertz CT molecular complexity index is 292. The molecule has 0 saturated heterocycles. The standard InChI is InChI=1S/C10H13NO/c1-7-6-9(4-5-10(7)12)11-8-2-3-8/h4-6,8,11-12H,2-3H2,1H3. The maximum atomic E-state index is 9.27. The molecule has 2 heteroatoms. The van der Waals surface area contributed by atoms with E-state index in [1.165, 1.54) is 12.8 Å². The molecule has 1 fully saturated rings. The molecule has 0 aliphatic heterocycles. The summed E-state index contributed by atoms with van der Waals surface area (Å²) in [4.78, 5) is 0. The molecule has 1 aromatic carbocycles. The zero-order valence-electron chi connectivity index (χ0n) is 7.17. The van der Waals surface area contributed by atoms with Gasteiger partial charge in [0.1, 0.15) is 5.75 Å². The van der Waals surface area contributed by atoms with Crippen molar-refractivity contribution in [2.75, 3.05) is 5.32 Å². The average molecular weight is 163 g/mol. The van der Waals surface area contributed by atoms with Crippen molar-refractivity contribution >= 4 is 5.69 Å². The molecule has 12 heavy (non-hydrogen) atoms. The number of phenols is 1. The summed E-state index contributed by atoms with van der Waals surface area (Å²) in [5.74, 6) is 0.372. The minimum atomic E-state index is 0.372. The van der Waals surface area contributed by atoms with E-state index in [1.807, 2.05) is 19.1 Å². The molecule has 0 heterocycles. The van der Waals surface area contributed by atoms with E-state index in [0.717, 1.165) is 11.3 Å². The monoisotopic (exact) mass is 163 g/mol. The maximum absolute atomic E-state index is 9.27. The summed E-state index contributed by atoms with van der Waals surface area (Å²) >= 11 is 0. The van der Waals surface area contributed by atoms with Gasteiger partial charge in [-0.05, 0) is 43.5 Å². The Morgan fingerprint density at radius 1 is 1.42 bits per heavy atom. The van der Waals surface area contributed by atoms with Crippen molar-refractivity contribution in [2.45, 2.75) is 25.8 Å². The highest BCUT2D eigenvalue weighted by molar-refractivity contribution is 5.51. The van der Waals surface area contributed by atoms with Crippen molar-refractivity contribution in [1.29, 1.82) is 0 Å². The summed E-state index contributed by atoms with van der Waals surface area (Å²) in [6.45, 7) is 1.91. The quantitative estimate of drug-likeness (QED) is 0.655. The second kappa shape index (κ2) is 2.70. The van der Waals surface area contributed by atoms with E-state index >= 15 is 0 Å². The van der Waals surface area contributed by atoms with Crippen molar-refractivity contribution in [3.05, 3.63) is 23.8 Å². The Kier molecular flexibility index (Phi) is 1.68. The summed E-state index contributed by atoms with van der Waals surface area (Å²) < 4.78 is 0. The molecule has 1 saturated carbocycles. The van der Waals surface area contributed by atoms with E-state index in [2.05, 4.69) is 5.32 Å². The van der Waals surface area contributed by atoms with Gasteiger partial charge in [-0.3, -0.25) is 0 Å². The lowest BCUT2D eigenvalue weighted by Crippen LogP contribution is -2.00. The number of aryl methyl sites for hydroxylation is 1. The number of hydrogen-bond donors (Lipinski definition) is 2. The minimum Gasteiger partial charge on any atom is -0.508 e. The highest BCUT2D eigenvalue weighted by Gasteiger charge is 2.20. The Balaban J connectivity index is 2.15. The molecule has 2 rings (SSSR count). The summed E-state index contributed by atoms with van der Waals surface area (Å²) in [7, 11) is 0. The van der Waals surface area contributed by atoms with Gasteiger partial charge in [0.05, 0.1) is 0 Å². The molecule has 1 aliphatic rings. The van der Waals surface area contributed by atoms with Crippen molar-refractivity contribution < 1.29 is 5.11 Å². The molecule has 0 spiro atoms. The van der Waals surface area contributed by atoms with Gasteiger partial charge in [0.25, 0.3) is 0 Å². The summed E-state index contributed by atoms with van der Waals surface area (Å²) in [6.07, 6.45) is 2.56. The first-order valence-corrected chi connectivity index (χ1v) is 4.32. The van der Waals surface area contributed by atoms with E-state index in [4.69, 9.17) is 0 Å². The van der Waals surface area contributed by atoms with Gasteiger partial charge in [0.15, 0.2) is 0 Å². The van der Waals surface area contributed by atoms with Gasteiger partial charge in [-0.15, -0.1) is 0 Å². The Hall–Kier alpha value is -1.18. The van der Waals surface area contributed by atoms with Crippen LogP contribution in [0.1, 0.15) is 18.4 Å². The third kappa shape index (κ3) is 1.52. The zero-order chi connectivity index (χ0) is 8.55. The second-order valence-electron chi connectivity index (χ2n) is 3.42. The fraction of sp³-hybridized carbons (Fsp3) is 0.400. The lowest BCUT2D eigenvalue weighted by Gasteiger charge is -2.05. The molecule has 2 nitrogen and oxygen atoms in total. The van der Waals surface area contributed by atoms with Crippen LogP contribution in [-0.4, -0.2) is 11.1 Å². The lowest BCUT2D eigenvalue weighted by atomic mass is 10.2. The van der Waals surface area contributed by atoms with Gasteiger partial charge in [-0.1, -0.05) is 0 Å². The van der Waals surface area contributed by atoms with Gasteiger partial charge in [0, 0.05) is 11.7 Å². The van der Waals surface area contributed by atoms with Gasteiger partial charge < -0.3 is 10.4 Å². The van der Waals surface area contributed by atoms with E-state index in [1.54, 1.807) is 6.07 Å². The topological polar surface area (TPSA) is 32.3 Å². The predicted octanol–water partition coefficient (Wildman–Crippen LogP) is 2.27. The van der Waals surface area contributed by atoms with Crippen LogP contribution in [0.15, 0.2) is 18.2 Å². The number of nitrogens with one attached hydrogen (secondary N) is 1. The first-order valence-electron chi connectivity index (χ1n) is 4.32. The molecular formula is C10H13NO. The van der Waals surface area contributed by atoms with E-state index < -0.39 is 0 Å². The van der Waals surface area contributed by atoms with Crippen LogP contribution in [0.4, 0.5) is 5.69 Å². The number of rotatable bonds is 2. The normalized spacial score (nSPS) is 16.1. The third-order valence-corrected chi connectivity index (χ3v) is 2.14. The molecule has 1 aromatic rings. The van der Waals surface area contributed by atoms with Crippen LogP contribution >= 0.6 is 0 Å². The van der Waals surface area contributed by atoms with E-state index in [-0.39, 0.29) is 0 Å². The molecule has 0 atom stereocenters. The predicted molar refractivity (Wildman–Crippen MR) is 49.5 cm³/mol. The van der Waals surface area contributed by atoms with Gasteiger partial charge >= 0.3 is 0 Å². The molecule has 1 aliphatic carbocycles. The Labute approximate surface area is 72.2 Å². The molecular weight excluding hydrogens is 150 g/mol. The van der Waals surface area contributed by atoms with Crippen molar-refractivity contribution in [2.24, 2.45) is 0 Å². The van der Waals surface area contributed by atoms with Crippen molar-refractivity contribution in [3.8, 4) is 5.75 Å². The highest BCUT2D eigenvalue weighted by Crippen LogP contribution is 2.27. The highest BCUT2D eigenvalue weighted by atomic mass is 16.3. The fourth-order valence-corrected chi connectivity index (χ4v) is 1.21. The minimum absolute atomic E-state index is 0.372. The molecule has 0 bridgehead atoms. The first kappa shape index (κ1) is 7.47. The average Bonchev–Trinajstić information content (AvgIpc) is 2.81. The van der Waals surface area contributed by atoms with Crippen LogP contribution in [0.2, 0.25) is 0 Å². The number of benzene rings is 1. The van der Waals surface area contributed by atoms with Gasteiger partial charge in [-0.2, -0.15) is 0 Å². The lowest BCUT2D eigenvalue weighted by molar-refractivity contribution is 0.471. The van der Waals surface area contributed by atoms with Crippen LogP contribution in [-0.2, 0) is 0 Å². The van der Waals surface area contributed by atoms with E-state index in [9.17, 15) is 5.11 Å². The summed E-state index contributed by atoms with van der Waals surface area (Å²) in [5.41, 5.74) is 2.05. The van der Waals surface area contributed by atoms with Crippen molar-refractivity contribution in [1.82, 2.24) is 0 Å². The number of phenolic OH excluding ortho intramolecular Hbond substituents is 1. The van der Waals surface area contributed by atoms with Gasteiger partial charge in [-0.25, -0.2) is 0 Å². The number of anilines is 1. The molecule has 0 radical (unpaired) electrons. The summed E-state index contributed by atoms with van der Waals surface area (Å²) in [5, 5.41) is 12.6. The largest absolute Gasteiger partial charge is 0.508 e. The van der Waals surface area contributed by atoms with Crippen LogP contribution in [0.25, 0.3) is 0 Å². The Morgan fingerprint density at radius 3 is 2.75 bits per heavy atom. The number of aromatic hydroxyl groups is 1. The van der Waals surface area contributed by atoms with Crippen LogP contribution < -0.4 is 5.32 Å².